The molecule has 2 fully saturated rings. The van der Waals surface area contributed by atoms with Gasteiger partial charge in [-0.2, -0.15) is 5.10 Å². The highest BCUT2D eigenvalue weighted by Gasteiger charge is 2.51. The van der Waals surface area contributed by atoms with Gasteiger partial charge in [-0.3, -0.25) is 14.3 Å². The minimum atomic E-state index is -0.784. The summed E-state index contributed by atoms with van der Waals surface area (Å²) >= 11 is 0. The van der Waals surface area contributed by atoms with E-state index in [4.69, 9.17) is 0 Å². The summed E-state index contributed by atoms with van der Waals surface area (Å²) in [5, 5.41) is 13.4. The molecule has 0 saturated carbocycles. The minimum Gasteiger partial charge on any atom is -0.481 e. The Hall–Kier alpha value is -1.85. The molecule has 3 rings (SSSR count). The number of carboxylic acid groups (broad SMARTS) is 1. The molecule has 102 valence electrons. The Bertz CT molecular complexity index is 551. The number of fused-ring (bicyclic) bond motifs is 2. The number of aliphatic carboxylic acids is 1. The van der Waals surface area contributed by atoms with Gasteiger partial charge in [-0.25, -0.2) is 0 Å². The van der Waals surface area contributed by atoms with Gasteiger partial charge in [-0.15, -0.1) is 0 Å². The summed E-state index contributed by atoms with van der Waals surface area (Å²) in [4.78, 5) is 25.6. The Kier molecular flexibility index (Phi) is 2.62. The Balaban J connectivity index is 1.89. The maximum absolute atomic E-state index is 12.6. The van der Waals surface area contributed by atoms with E-state index in [2.05, 4.69) is 5.10 Å². The SMILES string of the molecule is Cc1nn(C)cc1C(=O)N1C2CCC1C(C(=O)O)C2. The van der Waals surface area contributed by atoms with Crippen LogP contribution in [0.2, 0.25) is 0 Å². The summed E-state index contributed by atoms with van der Waals surface area (Å²) in [7, 11) is 1.78. The van der Waals surface area contributed by atoms with Crippen LogP contribution in [0.5, 0.6) is 0 Å². The lowest BCUT2D eigenvalue weighted by Gasteiger charge is -2.22. The van der Waals surface area contributed by atoms with Crippen LogP contribution in [-0.4, -0.2) is 43.7 Å². The Morgan fingerprint density at radius 2 is 2.16 bits per heavy atom. The van der Waals surface area contributed by atoms with E-state index in [-0.39, 0.29) is 18.0 Å². The highest BCUT2D eigenvalue weighted by molar-refractivity contribution is 5.96. The van der Waals surface area contributed by atoms with E-state index in [1.165, 1.54) is 0 Å². The molecule has 19 heavy (non-hydrogen) atoms. The lowest BCUT2D eigenvalue weighted by molar-refractivity contribution is -0.142. The molecule has 0 spiro atoms. The predicted molar refractivity (Wildman–Crippen MR) is 66.7 cm³/mol. The van der Waals surface area contributed by atoms with Crippen LogP contribution in [0.25, 0.3) is 0 Å². The number of carboxylic acids is 1. The summed E-state index contributed by atoms with van der Waals surface area (Å²) in [5.74, 6) is -1.26. The maximum Gasteiger partial charge on any atom is 0.308 e. The highest BCUT2D eigenvalue weighted by Crippen LogP contribution is 2.42. The van der Waals surface area contributed by atoms with E-state index >= 15 is 0 Å². The van der Waals surface area contributed by atoms with Crippen molar-refractivity contribution < 1.29 is 14.7 Å². The van der Waals surface area contributed by atoms with Gasteiger partial charge in [0.15, 0.2) is 0 Å². The fourth-order valence-corrected chi connectivity index (χ4v) is 3.52. The molecule has 1 N–H and O–H groups in total. The second-order valence-electron chi connectivity index (χ2n) is 5.49. The Morgan fingerprint density at radius 3 is 2.68 bits per heavy atom. The van der Waals surface area contributed by atoms with Crippen LogP contribution in [0.1, 0.15) is 35.3 Å². The summed E-state index contributed by atoms with van der Waals surface area (Å²) in [6.45, 7) is 1.81. The standard InChI is InChI=1S/C13H17N3O3/c1-7-10(6-15(2)14-7)12(17)16-8-3-4-11(16)9(5-8)13(18)19/h6,8-9,11H,3-5H2,1-2H3,(H,18,19). The molecule has 3 unspecified atom stereocenters. The van der Waals surface area contributed by atoms with E-state index < -0.39 is 11.9 Å². The van der Waals surface area contributed by atoms with Gasteiger partial charge in [0.2, 0.25) is 0 Å². The molecule has 0 aromatic carbocycles. The van der Waals surface area contributed by atoms with Crippen molar-refractivity contribution in [3.8, 4) is 0 Å². The molecule has 6 heteroatoms. The number of carbonyl (C=O) groups excluding carboxylic acids is 1. The van der Waals surface area contributed by atoms with Crippen molar-refractivity contribution >= 4 is 11.9 Å². The number of rotatable bonds is 2. The molecule has 2 saturated heterocycles. The molecule has 3 heterocycles. The second-order valence-corrected chi connectivity index (χ2v) is 5.49. The summed E-state index contributed by atoms with van der Waals surface area (Å²) in [6, 6.07) is -0.0622. The number of carbonyl (C=O) groups is 2. The van der Waals surface area contributed by atoms with Crippen LogP contribution < -0.4 is 0 Å². The first-order valence-electron chi connectivity index (χ1n) is 6.54. The molecule has 2 bridgehead atoms. The maximum atomic E-state index is 12.6. The van der Waals surface area contributed by atoms with Gasteiger partial charge in [0.25, 0.3) is 5.91 Å². The van der Waals surface area contributed by atoms with Crippen molar-refractivity contribution in [1.82, 2.24) is 14.7 Å². The molecule has 0 aliphatic carbocycles. The van der Waals surface area contributed by atoms with E-state index in [1.54, 1.807) is 29.7 Å². The van der Waals surface area contributed by atoms with Crippen molar-refractivity contribution in [3.05, 3.63) is 17.5 Å². The molecule has 1 aromatic heterocycles. The third-order valence-electron chi connectivity index (χ3n) is 4.33. The smallest absolute Gasteiger partial charge is 0.308 e. The third-order valence-corrected chi connectivity index (χ3v) is 4.33. The van der Waals surface area contributed by atoms with Crippen LogP contribution in [0.15, 0.2) is 6.20 Å². The normalized spacial score (nSPS) is 28.9. The van der Waals surface area contributed by atoms with E-state index in [0.29, 0.717) is 17.7 Å². The quantitative estimate of drug-likeness (QED) is 0.856. The lowest BCUT2D eigenvalue weighted by Crippen LogP contribution is -2.38. The van der Waals surface area contributed by atoms with Crippen LogP contribution in [0.4, 0.5) is 0 Å². The molecule has 3 atom stereocenters. The topological polar surface area (TPSA) is 75.4 Å². The molecule has 2 aliphatic rings. The second kappa shape index (κ2) is 4.08. The van der Waals surface area contributed by atoms with Crippen LogP contribution in [0.3, 0.4) is 0 Å². The first-order chi connectivity index (χ1) is 8.99. The zero-order valence-corrected chi connectivity index (χ0v) is 11.0. The highest BCUT2D eigenvalue weighted by atomic mass is 16.4. The average Bonchev–Trinajstić information content (AvgIpc) is 3.00. The molecule has 0 radical (unpaired) electrons. The molecule has 2 aliphatic heterocycles. The largest absolute Gasteiger partial charge is 0.481 e. The lowest BCUT2D eigenvalue weighted by atomic mass is 9.89. The minimum absolute atomic E-state index is 0.0677. The van der Waals surface area contributed by atoms with Crippen molar-refractivity contribution in [2.75, 3.05) is 0 Å². The van der Waals surface area contributed by atoms with Crippen LogP contribution in [0, 0.1) is 12.8 Å². The van der Waals surface area contributed by atoms with Gasteiger partial charge in [0, 0.05) is 25.3 Å². The molecular weight excluding hydrogens is 246 g/mol. The van der Waals surface area contributed by atoms with Gasteiger partial charge in [-0.05, 0) is 26.2 Å². The number of hydrogen-bond donors (Lipinski definition) is 1. The van der Waals surface area contributed by atoms with Gasteiger partial charge in [-0.1, -0.05) is 0 Å². The van der Waals surface area contributed by atoms with Gasteiger partial charge < -0.3 is 10.0 Å². The zero-order chi connectivity index (χ0) is 13.7. The van der Waals surface area contributed by atoms with Crippen LogP contribution in [-0.2, 0) is 11.8 Å². The molecule has 1 amide bonds. The molecular formula is C13H17N3O3. The van der Waals surface area contributed by atoms with E-state index in [9.17, 15) is 14.7 Å². The summed E-state index contributed by atoms with van der Waals surface area (Å²) < 4.78 is 1.62. The third kappa shape index (κ3) is 1.74. The summed E-state index contributed by atoms with van der Waals surface area (Å²) in [6.07, 6.45) is 4.02. The molecule has 6 nitrogen and oxygen atoms in total. The van der Waals surface area contributed by atoms with Crippen molar-refractivity contribution in [3.63, 3.8) is 0 Å². The first kappa shape index (κ1) is 12.2. The van der Waals surface area contributed by atoms with Crippen molar-refractivity contribution in [2.45, 2.75) is 38.3 Å². The first-order valence-corrected chi connectivity index (χ1v) is 6.54. The monoisotopic (exact) mass is 263 g/mol. The van der Waals surface area contributed by atoms with Gasteiger partial charge in [0.1, 0.15) is 0 Å². The van der Waals surface area contributed by atoms with E-state index in [1.807, 2.05) is 0 Å². The molecule has 1 aromatic rings. The Labute approximate surface area is 111 Å². The number of amides is 1. The predicted octanol–water partition coefficient (Wildman–Crippen LogP) is 0.806. The van der Waals surface area contributed by atoms with Gasteiger partial charge in [0.05, 0.1) is 17.2 Å². The van der Waals surface area contributed by atoms with Crippen molar-refractivity contribution in [1.29, 1.82) is 0 Å². The number of nitrogens with zero attached hydrogens (tertiary/aromatic N) is 3. The Morgan fingerprint density at radius 1 is 1.42 bits per heavy atom. The van der Waals surface area contributed by atoms with E-state index in [0.717, 1.165) is 12.8 Å². The number of aryl methyl sites for hydroxylation is 2. The zero-order valence-electron chi connectivity index (χ0n) is 11.0. The average molecular weight is 263 g/mol. The number of hydrogen-bond acceptors (Lipinski definition) is 3. The van der Waals surface area contributed by atoms with Crippen LogP contribution >= 0.6 is 0 Å². The fourth-order valence-electron chi connectivity index (χ4n) is 3.52. The number of aromatic nitrogens is 2. The fraction of sp³-hybridized carbons (Fsp3) is 0.615. The van der Waals surface area contributed by atoms with Crippen molar-refractivity contribution in [2.24, 2.45) is 13.0 Å². The van der Waals surface area contributed by atoms with Gasteiger partial charge >= 0.3 is 5.97 Å². The summed E-state index contributed by atoms with van der Waals surface area (Å²) in [5.41, 5.74) is 1.29.